The van der Waals surface area contributed by atoms with Crippen LogP contribution in [0.1, 0.15) is 52.8 Å². The second kappa shape index (κ2) is 3.97. The molecule has 0 radical (unpaired) electrons. The van der Waals surface area contributed by atoms with Gasteiger partial charge in [-0.25, -0.2) is 0 Å². The van der Waals surface area contributed by atoms with Crippen LogP contribution in [0.4, 0.5) is 0 Å². The van der Waals surface area contributed by atoms with Crippen molar-refractivity contribution in [2.24, 2.45) is 5.92 Å². The van der Waals surface area contributed by atoms with Crippen LogP contribution in [0.3, 0.4) is 0 Å². The molecule has 2 fully saturated rings. The Morgan fingerprint density at radius 2 is 1.73 bits per heavy atom. The highest BCUT2D eigenvalue weighted by Gasteiger charge is 2.55. The van der Waals surface area contributed by atoms with E-state index in [1.807, 2.05) is 36.4 Å². The van der Waals surface area contributed by atoms with E-state index in [2.05, 4.69) is 0 Å². The zero-order valence-corrected chi connectivity index (χ0v) is 12.3. The highest BCUT2D eigenvalue weighted by atomic mass is 16.2. The van der Waals surface area contributed by atoms with Crippen LogP contribution in [0.2, 0.25) is 0 Å². The summed E-state index contributed by atoms with van der Waals surface area (Å²) >= 11 is 0. The summed E-state index contributed by atoms with van der Waals surface area (Å²) in [6.07, 6.45) is 5.31. The quantitative estimate of drug-likeness (QED) is 0.750. The van der Waals surface area contributed by atoms with Crippen molar-refractivity contribution < 1.29 is 9.59 Å². The van der Waals surface area contributed by atoms with Crippen molar-refractivity contribution in [2.45, 2.75) is 37.6 Å². The Hall–Kier alpha value is -2.16. The molecule has 22 heavy (non-hydrogen) atoms. The molecule has 1 aliphatic heterocycles. The summed E-state index contributed by atoms with van der Waals surface area (Å²) in [5.74, 6) is 0.564. The SMILES string of the molecule is O=C1c2ccc3ccccc3c2C(=O)N1C12CCC(CC1)C2. The number of nitrogens with zero attached hydrogens (tertiary/aromatic N) is 1. The molecule has 2 saturated carbocycles. The molecule has 2 aromatic rings. The van der Waals surface area contributed by atoms with Gasteiger partial charge in [0.05, 0.1) is 16.7 Å². The Balaban J connectivity index is 1.71. The van der Waals surface area contributed by atoms with E-state index in [1.165, 1.54) is 0 Å². The van der Waals surface area contributed by atoms with Gasteiger partial charge in [-0.2, -0.15) is 0 Å². The van der Waals surface area contributed by atoms with Crippen LogP contribution in [0.5, 0.6) is 0 Å². The fourth-order valence-corrected chi connectivity index (χ4v) is 4.91. The van der Waals surface area contributed by atoms with Crippen LogP contribution in [-0.4, -0.2) is 22.3 Å². The maximum Gasteiger partial charge on any atom is 0.262 e. The summed E-state index contributed by atoms with van der Waals surface area (Å²) in [5, 5.41) is 1.93. The minimum absolute atomic E-state index is 0.0700. The van der Waals surface area contributed by atoms with Crippen LogP contribution in [0.25, 0.3) is 10.8 Å². The molecule has 0 spiro atoms. The lowest BCUT2D eigenvalue weighted by molar-refractivity contribution is 0.0435. The number of carbonyl (C=O) groups is 2. The largest absolute Gasteiger partial charge is 0.269 e. The van der Waals surface area contributed by atoms with E-state index >= 15 is 0 Å². The molecule has 0 atom stereocenters. The predicted molar refractivity (Wildman–Crippen MR) is 83.8 cm³/mol. The maximum absolute atomic E-state index is 13.1. The van der Waals surface area contributed by atoms with Crippen LogP contribution in [0.15, 0.2) is 36.4 Å². The molecule has 110 valence electrons. The molecular formula is C19H17NO2. The van der Waals surface area contributed by atoms with Crippen molar-refractivity contribution in [3.8, 4) is 0 Å². The Morgan fingerprint density at radius 1 is 0.955 bits per heavy atom. The van der Waals surface area contributed by atoms with Crippen molar-refractivity contribution in [2.75, 3.05) is 0 Å². The van der Waals surface area contributed by atoms with E-state index < -0.39 is 0 Å². The monoisotopic (exact) mass is 291 g/mol. The molecule has 3 nitrogen and oxygen atoms in total. The van der Waals surface area contributed by atoms with Gasteiger partial charge in [0.25, 0.3) is 11.8 Å². The van der Waals surface area contributed by atoms with Crippen LogP contribution >= 0.6 is 0 Å². The van der Waals surface area contributed by atoms with Crippen molar-refractivity contribution in [3.63, 3.8) is 0 Å². The number of hydrogen-bond donors (Lipinski definition) is 0. The third kappa shape index (κ3) is 1.37. The minimum atomic E-state index is -0.195. The Labute approximate surface area is 128 Å². The van der Waals surface area contributed by atoms with E-state index in [9.17, 15) is 9.59 Å². The lowest BCUT2D eigenvalue weighted by Gasteiger charge is -2.35. The van der Waals surface area contributed by atoms with Crippen LogP contribution < -0.4 is 0 Å². The Kier molecular flexibility index (Phi) is 2.24. The van der Waals surface area contributed by atoms with Gasteiger partial charge in [0.15, 0.2) is 0 Å². The Bertz CT molecular complexity index is 830. The average Bonchev–Trinajstić information content (AvgIpc) is 3.20. The van der Waals surface area contributed by atoms with E-state index in [0.717, 1.165) is 42.9 Å². The first-order valence-electron chi connectivity index (χ1n) is 8.10. The molecule has 3 heteroatoms. The normalized spacial score (nSPS) is 29.6. The van der Waals surface area contributed by atoms with Crippen molar-refractivity contribution >= 4 is 22.6 Å². The van der Waals surface area contributed by atoms with Gasteiger partial charge in [0.1, 0.15) is 0 Å². The molecule has 0 N–H and O–H groups in total. The third-order valence-corrected chi connectivity index (χ3v) is 5.96. The molecular weight excluding hydrogens is 274 g/mol. The fraction of sp³-hybridized carbons (Fsp3) is 0.368. The predicted octanol–water partition coefficient (Wildman–Crippen LogP) is 3.77. The first-order chi connectivity index (χ1) is 10.7. The average molecular weight is 291 g/mol. The number of benzene rings is 2. The first-order valence-corrected chi connectivity index (χ1v) is 8.10. The molecule has 0 unspecified atom stereocenters. The van der Waals surface area contributed by atoms with Gasteiger partial charge in [0.2, 0.25) is 0 Å². The third-order valence-electron chi connectivity index (χ3n) is 5.96. The molecule has 2 amide bonds. The van der Waals surface area contributed by atoms with Crippen LogP contribution in [0, 0.1) is 5.92 Å². The summed E-state index contributed by atoms with van der Waals surface area (Å²) in [6, 6.07) is 11.6. The standard InChI is InChI=1S/C19H17NO2/c21-17-15-6-5-13-3-1-2-4-14(13)16(15)18(22)20(17)19-9-7-12(11-19)8-10-19/h1-6,12H,7-11H2. The summed E-state index contributed by atoms with van der Waals surface area (Å²) in [4.78, 5) is 27.6. The number of rotatable bonds is 1. The summed E-state index contributed by atoms with van der Waals surface area (Å²) in [7, 11) is 0. The maximum atomic E-state index is 13.1. The van der Waals surface area contributed by atoms with Gasteiger partial charge in [0, 0.05) is 0 Å². The second-order valence-corrected chi connectivity index (χ2v) is 7.03. The molecule has 2 bridgehead atoms. The van der Waals surface area contributed by atoms with E-state index in [4.69, 9.17) is 0 Å². The molecule has 5 rings (SSSR count). The summed E-state index contributed by atoms with van der Waals surface area (Å²) in [5.41, 5.74) is 1.01. The van der Waals surface area contributed by atoms with Crippen LogP contribution in [-0.2, 0) is 0 Å². The smallest absolute Gasteiger partial charge is 0.262 e. The molecule has 1 heterocycles. The van der Waals surface area contributed by atoms with Crippen molar-refractivity contribution in [1.29, 1.82) is 0 Å². The minimum Gasteiger partial charge on any atom is -0.269 e. The Morgan fingerprint density at radius 3 is 2.45 bits per heavy atom. The second-order valence-electron chi connectivity index (χ2n) is 7.03. The molecule has 3 aliphatic rings. The van der Waals surface area contributed by atoms with Gasteiger partial charge in [-0.1, -0.05) is 30.3 Å². The zero-order chi connectivity index (χ0) is 14.9. The molecule has 0 aromatic heterocycles. The lowest BCUT2D eigenvalue weighted by atomic mass is 9.92. The van der Waals surface area contributed by atoms with E-state index in [0.29, 0.717) is 17.0 Å². The topological polar surface area (TPSA) is 37.4 Å². The van der Waals surface area contributed by atoms with Gasteiger partial charge in [-0.3, -0.25) is 14.5 Å². The highest BCUT2D eigenvalue weighted by molar-refractivity contribution is 6.27. The summed E-state index contributed by atoms with van der Waals surface area (Å²) in [6.45, 7) is 0. The van der Waals surface area contributed by atoms with Gasteiger partial charge >= 0.3 is 0 Å². The van der Waals surface area contributed by atoms with Gasteiger partial charge < -0.3 is 0 Å². The van der Waals surface area contributed by atoms with Crippen molar-refractivity contribution in [1.82, 2.24) is 4.90 Å². The summed E-state index contributed by atoms with van der Waals surface area (Å²) < 4.78 is 0. The highest BCUT2D eigenvalue weighted by Crippen LogP contribution is 2.53. The zero-order valence-electron chi connectivity index (χ0n) is 12.3. The molecule has 0 saturated heterocycles. The van der Waals surface area contributed by atoms with E-state index in [1.54, 1.807) is 4.90 Å². The van der Waals surface area contributed by atoms with Gasteiger partial charge in [-0.15, -0.1) is 0 Å². The first kappa shape index (κ1) is 12.4. The number of hydrogen-bond acceptors (Lipinski definition) is 2. The van der Waals surface area contributed by atoms with Crippen molar-refractivity contribution in [3.05, 3.63) is 47.5 Å². The van der Waals surface area contributed by atoms with Gasteiger partial charge in [-0.05, 0) is 54.9 Å². The molecule has 2 aromatic carbocycles. The molecule has 2 aliphatic carbocycles. The number of carbonyl (C=O) groups excluding carboxylic acids is 2. The number of amides is 2. The lowest BCUT2D eigenvalue weighted by Crippen LogP contribution is -2.48. The van der Waals surface area contributed by atoms with E-state index in [-0.39, 0.29) is 17.4 Å². The number of fused-ring (bicyclic) bond motifs is 5. The fourth-order valence-electron chi connectivity index (χ4n) is 4.91. The number of imide groups is 1.